The number of nitrogens with two attached hydrogens (primary N) is 1. The number of likely N-dealkylation sites (tertiary alicyclic amines) is 2. The number of piperidine rings is 1. The normalized spacial score (nSPS) is 23.0. The molecule has 0 saturated carbocycles. The Labute approximate surface area is 180 Å². The molecule has 0 bridgehead atoms. The first kappa shape index (κ1) is 22.6. The smallest absolute Gasteiger partial charge is 0.221 e. The van der Waals surface area contributed by atoms with Crippen LogP contribution in [0.1, 0.15) is 37.3 Å². The summed E-state index contributed by atoms with van der Waals surface area (Å²) in [6.07, 6.45) is 3.10. The fraction of sp³-hybridized carbons (Fsp3) is 0.652. The van der Waals surface area contributed by atoms with E-state index >= 15 is 0 Å². The van der Waals surface area contributed by atoms with Gasteiger partial charge < -0.3 is 20.7 Å². The number of hydrogen-bond acceptors (Lipinski definition) is 4. The predicted octanol–water partition coefficient (Wildman–Crippen LogP) is 1.82. The lowest BCUT2D eigenvalue weighted by Gasteiger charge is -2.31. The van der Waals surface area contributed by atoms with Crippen molar-refractivity contribution in [1.82, 2.24) is 15.1 Å². The summed E-state index contributed by atoms with van der Waals surface area (Å²) in [5.74, 6) is 1.36. The summed E-state index contributed by atoms with van der Waals surface area (Å²) < 4.78 is 5.59. The quantitative estimate of drug-likeness (QED) is 0.500. The van der Waals surface area contributed by atoms with Gasteiger partial charge in [0.25, 0.3) is 0 Å². The Hall–Kier alpha value is -2.12. The van der Waals surface area contributed by atoms with E-state index in [1.54, 1.807) is 0 Å². The predicted molar refractivity (Wildman–Crippen MR) is 120 cm³/mol. The van der Waals surface area contributed by atoms with Crippen molar-refractivity contribution >= 4 is 11.9 Å². The minimum atomic E-state index is -0.172. The molecule has 7 nitrogen and oxygen atoms in total. The molecule has 0 aromatic heterocycles. The molecular weight excluding hydrogens is 378 g/mol. The molecular formula is C23H37N5O2. The maximum atomic E-state index is 11.5. The van der Waals surface area contributed by atoms with Crippen LogP contribution in [0, 0.1) is 11.8 Å². The summed E-state index contributed by atoms with van der Waals surface area (Å²) in [7, 11) is 1.85. The summed E-state index contributed by atoms with van der Waals surface area (Å²) in [5, 5.41) is 3.52. The Kier molecular flexibility index (Phi) is 8.51. The van der Waals surface area contributed by atoms with Crippen molar-refractivity contribution in [3.05, 3.63) is 35.4 Å². The van der Waals surface area contributed by atoms with Gasteiger partial charge in [-0.3, -0.25) is 14.7 Å². The fourth-order valence-electron chi connectivity index (χ4n) is 4.49. The molecule has 1 aromatic carbocycles. The molecule has 3 N–H and O–H groups in total. The Balaban J connectivity index is 1.50. The van der Waals surface area contributed by atoms with Crippen LogP contribution in [0.4, 0.5) is 0 Å². The van der Waals surface area contributed by atoms with E-state index in [4.69, 9.17) is 10.5 Å². The van der Waals surface area contributed by atoms with E-state index in [-0.39, 0.29) is 11.8 Å². The molecule has 2 saturated heterocycles. The number of carbonyl (C=O) groups is 1. The van der Waals surface area contributed by atoms with E-state index in [0.29, 0.717) is 5.92 Å². The number of guanidine groups is 1. The Morgan fingerprint density at radius 2 is 2.10 bits per heavy atom. The van der Waals surface area contributed by atoms with Gasteiger partial charge >= 0.3 is 0 Å². The average molecular weight is 416 g/mol. The highest BCUT2D eigenvalue weighted by Gasteiger charge is 2.25. The summed E-state index contributed by atoms with van der Waals surface area (Å²) in [4.78, 5) is 20.7. The number of ether oxygens (including phenoxy) is 1. The first-order valence-electron chi connectivity index (χ1n) is 11.2. The van der Waals surface area contributed by atoms with Gasteiger partial charge in [0.1, 0.15) is 0 Å². The van der Waals surface area contributed by atoms with Crippen LogP contribution in [0.2, 0.25) is 0 Å². The van der Waals surface area contributed by atoms with Gasteiger partial charge in [-0.1, -0.05) is 24.3 Å². The summed E-state index contributed by atoms with van der Waals surface area (Å²) in [6, 6.07) is 8.66. The minimum absolute atomic E-state index is 0.0149. The lowest BCUT2D eigenvalue weighted by Crippen LogP contribution is -2.40. The number of amides is 1. The molecule has 7 heteroatoms. The topological polar surface area (TPSA) is 83.2 Å². The standard InChI is InChI=1S/C23H37N5O2/c1-3-30-17-20-9-11-28(15-20)23(25-2)26-13-18-6-4-7-19(12-18)14-27-10-5-8-21(16-27)22(24)29/h4,6-7,12,20-21H,3,5,8-11,13-17H2,1-2H3,(H2,24,29)(H,25,26). The molecule has 2 aliphatic rings. The van der Waals surface area contributed by atoms with E-state index in [9.17, 15) is 4.79 Å². The van der Waals surface area contributed by atoms with Gasteiger partial charge in [0, 0.05) is 52.3 Å². The van der Waals surface area contributed by atoms with Crippen LogP contribution < -0.4 is 11.1 Å². The third kappa shape index (κ3) is 6.44. The number of rotatable bonds is 8. The molecule has 1 aromatic rings. The van der Waals surface area contributed by atoms with E-state index < -0.39 is 0 Å². The maximum absolute atomic E-state index is 11.5. The lowest BCUT2D eigenvalue weighted by molar-refractivity contribution is -0.123. The minimum Gasteiger partial charge on any atom is -0.381 e. The van der Waals surface area contributed by atoms with Crippen molar-refractivity contribution in [1.29, 1.82) is 0 Å². The number of aliphatic imine (C=N–C) groups is 1. The number of primary amides is 1. The number of nitrogens with zero attached hydrogens (tertiary/aromatic N) is 3. The molecule has 30 heavy (non-hydrogen) atoms. The van der Waals surface area contributed by atoms with E-state index in [1.165, 1.54) is 11.1 Å². The van der Waals surface area contributed by atoms with E-state index in [2.05, 4.69) is 44.4 Å². The zero-order valence-electron chi connectivity index (χ0n) is 18.5. The number of carbonyl (C=O) groups excluding carboxylic acids is 1. The van der Waals surface area contributed by atoms with Crippen molar-refractivity contribution in [3.8, 4) is 0 Å². The van der Waals surface area contributed by atoms with Crippen LogP contribution in [0.3, 0.4) is 0 Å². The molecule has 2 fully saturated rings. The van der Waals surface area contributed by atoms with Crippen molar-refractivity contribution in [2.45, 2.75) is 39.3 Å². The number of hydrogen-bond donors (Lipinski definition) is 2. The number of nitrogens with one attached hydrogen (secondary N) is 1. The zero-order valence-corrected chi connectivity index (χ0v) is 18.5. The third-order valence-electron chi connectivity index (χ3n) is 6.11. The Morgan fingerprint density at radius 3 is 2.87 bits per heavy atom. The third-order valence-corrected chi connectivity index (χ3v) is 6.11. The first-order valence-corrected chi connectivity index (χ1v) is 11.2. The van der Waals surface area contributed by atoms with Crippen LogP contribution in [0.15, 0.2) is 29.3 Å². The fourth-order valence-corrected chi connectivity index (χ4v) is 4.49. The highest BCUT2D eigenvalue weighted by molar-refractivity contribution is 5.80. The maximum Gasteiger partial charge on any atom is 0.221 e. The van der Waals surface area contributed by atoms with Gasteiger partial charge in [0.15, 0.2) is 5.96 Å². The molecule has 2 heterocycles. The van der Waals surface area contributed by atoms with Crippen LogP contribution in [0.25, 0.3) is 0 Å². The molecule has 3 rings (SSSR count). The molecule has 2 atom stereocenters. The van der Waals surface area contributed by atoms with Gasteiger partial charge in [-0.15, -0.1) is 0 Å². The molecule has 0 spiro atoms. The molecule has 2 aliphatic heterocycles. The summed E-state index contributed by atoms with van der Waals surface area (Å²) in [5.41, 5.74) is 8.02. The van der Waals surface area contributed by atoms with Gasteiger partial charge in [-0.2, -0.15) is 0 Å². The Morgan fingerprint density at radius 1 is 1.27 bits per heavy atom. The van der Waals surface area contributed by atoms with Crippen molar-refractivity contribution in [3.63, 3.8) is 0 Å². The highest BCUT2D eigenvalue weighted by Crippen LogP contribution is 2.19. The SMILES string of the molecule is CCOCC1CCN(C(=NC)NCc2cccc(CN3CCCC(C(N)=O)C3)c2)C1. The molecule has 166 valence electrons. The van der Waals surface area contributed by atoms with Crippen LogP contribution >= 0.6 is 0 Å². The summed E-state index contributed by atoms with van der Waals surface area (Å²) >= 11 is 0. The average Bonchev–Trinajstić information content (AvgIpc) is 3.22. The van der Waals surface area contributed by atoms with Crippen LogP contribution in [0.5, 0.6) is 0 Å². The molecule has 2 unspecified atom stereocenters. The van der Waals surface area contributed by atoms with Gasteiger partial charge in [0.05, 0.1) is 12.5 Å². The van der Waals surface area contributed by atoms with Crippen molar-refractivity contribution in [2.75, 3.05) is 46.4 Å². The van der Waals surface area contributed by atoms with Crippen LogP contribution in [-0.4, -0.2) is 68.1 Å². The second kappa shape index (κ2) is 11.3. The van der Waals surface area contributed by atoms with Gasteiger partial charge in [-0.25, -0.2) is 0 Å². The van der Waals surface area contributed by atoms with Gasteiger partial charge in [-0.05, 0) is 43.9 Å². The lowest BCUT2D eigenvalue weighted by atomic mass is 9.97. The van der Waals surface area contributed by atoms with E-state index in [0.717, 1.165) is 77.7 Å². The van der Waals surface area contributed by atoms with Crippen LogP contribution in [-0.2, 0) is 22.6 Å². The van der Waals surface area contributed by atoms with E-state index in [1.807, 2.05) is 14.0 Å². The molecule has 1 amide bonds. The highest BCUT2D eigenvalue weighted by atomic mass is 16.5. The monoisotopic (exact) mass is 415 g/mol. The van der Waals surface area contributed by atoms with Gasteiger partial charge in [0.2, 0.25) is 5.91 Å². The summed E-state index contributed by atoms with van der Waals surface area (Å²) in [6.45, 7) is 9.07. The zero-order chi connectivity index (χ0) is 21.3. The van der Waals surface area contributed by atoms with Crippen molar-refractivity contribution in [2.24, 2.45) is 22.6 Å². The Bertz CT molecular complexity index is 723. The van der Waals surface area contributed by atoms with Crippen molar-refractivity contribution < 1.29 is 9.53 Å². The first-order chi connectivity index (χ1) is 14.6. The molecule has 0 aliphatic carbocycles. The largest absolute Gasteiger partial charge is 0.381 e. The second-order valence-electron chi connectivity index (χ2n) is 8.46. The number of benzene rings is 1. The molecule has 0 radical (unpaired) electrons. The second-order valence-corrected chi connectivity index (χ2v) is 8.46.